The molecule has 1 saturated carbocycles. The molecule has 104 valence electrons. The van der Waals surface area contributed by atoms with Crippen LogP contribution in [0.5, 0.6) is 0 Å². The van der Waals surface area contributed by atoms with Crippen molar-refractivity contribution in [1.82, 2.24) is 5.32 Å². The summed E-state index contributed by atoms with van der Waals surface area (Å²) in [6.07, 6.45) is 3.50. The van der Waals surface area contributed by atoms with Crippen molar-refractivity contribution >= 4 is 29.3 Å². The number of carbonyl (C=O) groups is 1. The van der Waals surface area contributed by atoms with Crippen LogP contribution in [0, 0.1) is 5.92 Å². The second-order valence-electron chi connectivity index (χ2n) is 5.31. The maximum atomic E-state index is 11.8. The van der Waals surface area contributed by atoms with E-state index in [4.69, 9.17) is 11.6 Å². The SMILES string of the molecule is CC1CCC(NC(=O)CSCc2cccc(Cl)c2)C1. The number of amides is 1. The quantitative estimate of drug-likeness (QED) is 0.893. The van der Waals surface area contributed by atoms with Crippen LogP contribution in [0.1, 0.15) is 31.7 Å². The standard InChI is InChI=1S/C15H20ClNOS/c1-11-5-6-14(7-11)17-15(18)10-19-9-12-3-2-4-13(16)8-12/h2-4,8,11,14H,5-7,9-10H2,1H3,(H,17,18). The van der Waals surface area contributed by atoms with Gasteiger partial charge in [0.15, 0.2) is 0 Å². The molecule has 2 rings (SSSR count). The maximum absolute atomic E-state index is 11.8. The molecule has 0 radical (unpaired) electrons. The Bertz CT molecular complexity index is 438. The predicted molar refractivity (Wildman–Crippen MR) is 82.6 cm³/mol. The second-order valence-corrected chi connectivity index (χ2v) is 6.73. The Hall–Kier alpha value is -0.670. The molecule has 0 bridgehead atoms. The summed E-state index contributed by atoms with van der Waals surface area (Å²) >= 11 is 7.56. The average molecular weight is 298 g/mol. The summed E-state index contributed by atoms with van der Waals surface area (Å²) in [5.41, 5.74) is 1.17. The molecular formula is C15H20ClNOS. The molecule has 0 heterocycles. The summed E-state index contributed by atoms with van der Waals surface area (Å²) in [5, 5.41) is 3.87. The minimum Gasteiger partial charge on any atom is -0.353 e. The first kappa shape index (κ1) is 14.7. The maximum Gasteiger partial charge on any atom is 0.230 e. The molecule has 0 aromatic heterocycles. The first-order chi connectivity index (χ1) is 9.13. The van der Waals surface area contributed by atoms with Crippen molar-refractivity contribution < 1.29 is 4.79 Å². The van der Waals surface area contributed by atoms with Crippen molar-refractivity contribution in [2.24, 2.45) is 5.92 Å². The smallest absolute Gasteiger partial charge is 0.230 e. The molecule has 0 spiro atoms. The van der Waals surface area contributed by atoms with Gasteiger partial charge in [0, 0.05) is 16.8 Å². The lowest BCUT2D eigenvalue weighted by Crippen LogP contribution is -2.34. The van der Waals surface area contributed by atoms with Gasteiger partial charge in [0.1, 0.15) is 0 Å². The zero-order valence-corrected chi connectivity index (χ0v) is 12.8. The van der Waals surface area contributed by atoms with Gasteiger partial charge in [-0.15, -0.1) is 11.8 Å². The average Bonchev–Trinajstić information content (AvgIpc) is 2.75. The molecule has 1 aliphatic rings. The number of nitrogens with one attached hydrogen (secondary N) is 1. The van der Waals surface area contributed by atoms with Crippen LogP contribution in [-0.4, -0.2) is 17.7 Å². The lowest BCUT2D eigenvalue weighted by molar-refractivity contribution is -0.119. The molecule has 19 heavy (non-hydrogen) atoms. The molecular weight excluding hydrogens is 278 g/mol. The van der Waals surface area contributed by atoms with E-state index in [1.165, 1.54) is 12.0 Å². The Morgan fingerprint density at radius 2 is 2.32 bits per heavy atom. The Kier molecular flexibility index (Phi) is 5.59. The van der Waals surface area contributed by atoms with Crippen molar-refractivity contribution in [3.8, 4) is 0 Å². The molecule has 2 atom stereocenters. The topological polar surface area (TPSA) is 29.1 Å². The van der Waals surface area contributed by atoms with Gasteiger partial charge in [-0.3, -0.25) is 4.79 Å². The second kappa shape index (κ2) is 7.20. The van der Waals surface area contributed by atoms with E-state index in [-0.39, 0.29) is 5.91 Å². The third kappa shape index (κ3) is 5.07. The van der Waals surface area contributed by atoms with Gasteiger partial charge >= 0.3 is 0 Å². The summed E-state index contributed by atoms with van der Waals surface area (Å²) in [6.45, 7) is 2.25. The van der Waals surface area contributed by atoms with Gasteiger partial charge in [-0.25, -0.2) is 0 Å². The molecule has 1 aliphatic carbocycles. The van der Waals surface area contributed by atoms with Crippen molar-refractivity contribution in [1.29, 1.82) is 0 Å². The fourth-order valence-corrected chi connectivity index (χ4v) is 3.49. The van der Waals surface area contributed by atoms with E-state index in [2.05, 4.69) is 12.2 Å². The largest absolute Gasteiger partial charge is 0.353 e. The summed E-state index contributed by atoms with van der Waals surface area (Å²) < 4.78 is 0. The Morgan fingerprint density at radius 3 is 3.00 bits per heavy atom. The van der Waals surface area contributed by atoms with E-state index in [9.17, 15) is 4.79 Å². The third-order valence-corrected chi connectivity index (χ3v) is 4.69. The highest BCUT2D eigenvalue weighted by Crippen LogP contribution is 2.24. The van der Waals surface area contributed by atoms with Gasteiger partial charge in [0.05, 0.1) is 5.75 Å². The number of hydrogen-bond acceptors (Lipinski definition) is 2. The van der Waals surface area contributed by atoms with E-state index < -0.39 is 0 Å². The fraction of sp³-hybridized carbons (Fsp3) is 0.533. The van der Waals surface area contributed by atoms with Crippen molar-refractivity contribution in [3.05, 3.63) is 34.9 Å². The summed E-state index contributed by atoms with van der Waals surface area (Å²) in [7, 11) is 0. The molecule has 1 amide bonds. The zero-order valence-electron chi connectivity index (χ0n) is 11.2. The monoisotopic (exact) mass is 297 g/mol. The highest BCUT2D eigenvalue weighted by Gasteiger charge is 2.22. The third-order valence-electron chi connectivity index (χ3n) is 3.45. The molecule has 1 N–H and O–H groups in total. The summed E-state index contributed by atoms with van der Waals surface area (Å²) in [4.78, 5) is 11.8. The van der Waals surface area contributed by atoms with E-state index in [1.54, 1.807) is 11.8 Å². The molecule has 1 fully saturated rings. The van der Waals surface area contributed by atoms with Gasteiger partial charge in [-0.2, -0.15) is 0 Å². The highest BCUT2D eigenvalue weighted by molar-refractivity contribution is 7.99. The molecule has 2 unspecified atom stereocenters. The first-order valence-corrected chi connectivity index (χ1v) is 8.28. The minimum atomic E-state index is 0.158. The number of benzene rings is 1. The molecule has 2 nitrogen and oxygen atoms in total. The minimum absolute atomic E-state index is 0.158. The van der Waals surface area contributed by atoms with Gasteiger partial charge in [0.2, 0.25) is 5.91 Å². The van der Waals surface area contributed by atoms with E-state index >= 15 is 0 Å². The fourth-order valence-electron chi connectivity index (χ4n) is 2.50. The van der Waals surface area contributed by atoms with Crippen LogP contribution in [0.15, 0.2) is 24.3 Å². The molecule has 1 aromatic carbocycles. The van der Waals surface area contributed by atoms with Crippen molar-refractivity contribution in [3.63, 3.8) is 0 Å². The lowest BCUT2D eigenvalue weighted by atomic mass is 10.1. The molecule has 1 aromatic rings. The van der Waals surface area contributed by atoms with Crippen LogP contribution in [0.25, 0.3) is 0 Å². The van der Waals surface area contributed by atoms with Gasteiger partial charge < -0.3 is 5.32 Å². The van der Waals surface area contributed by atoms with Gasteiger partial charge in [-0.05, 0) is 42.9 Å². The molecule has 0 aliphatic heterocycles. The van der Waals surface area contributed by atoms with E-state index in [0.717, 1.165) is 29.5 Å². The number of carbonyl (C=O) groups excluding carboxylic acids is 1. The summed E-state index contributed by atoms with van der Waals surface area (Å²) in [6, 6.07) is 8.19. The van der Waals surface area contributed by atoms with Crippen LogP contribution >= 0.6 is 23.4 Å². The van der Waals surface area contributed by atoms with Gasteiger partial charge in [0.25, 0.3) is 0 Å². The molecule has 0 saturated heterocycles. The predicted octanol–water partition coefficient (Wildman–Crippen LogP) is 3.88. The Labute approximate surface area is 124 Å². The zero-order chi connectivity index (χ0) is 13.7. The van der Waals surface area contributed by atoms with Crippen molar-refractivity contribution in [2.45, 2.75) is 38.0 Å². The van der Waals surface area contributed by atoms with Gasteiger partial charge in [-0.1, -0.05) is 30.7 Å². The molecule has 4 heteroatoms. The number of thioether (sulfide) groups is 1. The van der Waals surface area contributed by atoms with E-state index in [0.29, 0.717) is 11.8 Å². The van der Waals surface area contributed by atoms with Crippen molar-refractivity contribution in [2.75, 3.05) is 5.75 Å². The normalized spacial score (nSPS) is 22.4. The Morgan fingerprint density at radius 1 is 1.47 bits per heavy atom. The number of rotatable bonds is 5. The number of halogens is 1. The number of hydrogen-bond donors (Lipinski definition) is 1. The summed E-state index contributed by atoms with van der Waals surface area (Å²) in [5.74, 6) is 2.27. The first-order valence-electron chi connectivity index (χ1n) is 6.75. The highest BCUT2D eigenvalue weighted by atomic mass is 35.5. The van der Waals surface area contributed by atoms with E-state index in [1.807, 2.05) is 24.3 Å². The van der Waals surface area contributed by atoms with Crippen LogP contribution in [0.3, 0.4) is 0 Å². The van der Waals surface area contributed by atoms with Crippen LogP contribution in [0.2, 0.25) is 5.02 Å². The lowest BCUT2D eigenvalue weighted by Gasteiger charge is -2.12. The van der Waals surface area contributed by atoms with Crippen LogP contribution < -0.4 is 5.32 Å². The Balaban J connectivity index is 1.66. The van der Waals surface area contributed by atoms with Crippen LogP contribution in [-0.2, 0) is 10.5 Å². The van der Waals surface area contributed by atoms with Crippen LogP contribution in [0.4, 0.5) is 0 Å².